The zero-order chi connectivity index (χ0) is 42.2. The lowest BCUT2D eigenvalue weighted by atomic mass is 9.84. The van der Waals surface area contributed by atoms with Gasteiger partial charge in [-0.2, -0.15) is 0 Å². The van der Waals surface area contributed by atoms with Crippen LogP contribution in [-0.2, 0) is 9.59 Å². The second-order valence-electron chi connectivity index (χ2n) is 16.9. The Morgan fingerprint density at radius 3 is 2.02 bits per heavy atom. The Bertz CT molecular complexity index is 2330. The molecule has 0 saturated carbocycles. The number of likely N-dealkylation sites (tertiary alicyclic amines) is 1. The molecular weight excluding hydrogens is 794 g/mol. The van der Waals surface area contributed by atoms with Gasteiger partial charge >= 0.3 is 0 Å². The van der Waals surface area contributed by atoms with Crippen LogP contribution in [0.2, 0.25) is 0 Å². The van der Waals surface area contributed by atoms with Crippen LogP contribution in [0.4, 0.5) is 5.69 Å². The summed E-state index contributed by atoms with van der Waals surface area (Å²) >= 11 is 6.32. The Labute approximate surface area is 360 Å². The van der Waals surface area contributed by atoms with Gasteiger partial charge in [0.25, 0.3) is 11.8 Å². The van der Waals surface area contributed by atoms with Crippen molar-refractivity contribution in [2.45, 2.75) is 56.7 Å². The molecule has 4 aromatic carbocycles. The van der Waals surface area contributed by atoms with Crippen LogP contribution in [0.15, 0.2) is 91.0 Å². The molecule has 3 N–H and O–H groups in total. The number of halogens is 1. The second-order valence-corrected chi connectivity index (χ2v) is 17.2. The summed E-state index contributed by atoms with van der Waals surface area (Å²) in [6.45, 7) is 6.37. The van der Waals surface area contributed by atoms with E-state index in [1.807, 2.05) is 42.5 Å². The van der Waals surface area contributed by atoms with Crippen molar-refractivity contribution in [2.24, 2.45) is 5.92 Å². The molecule has 4 aromatic rings. The molecule has 2 bridgehead atoms. The number of fused-ring (bicyclic) bond motifs is 3. The minimum absolute atomic E-state index is 0.0973. The van der Waals surface area contributed by atoms with Gasteiger partial charge in [0.2, 0.25) is 11.8 Å². The highest BCUT2D eigenvalue weighted by atomic mass is 35.5. The van der Waals surface area contributed by atoms with Crippen molar-refractivity contribution in [3.05, 3.63) is 119 Å². The van der Waals surface area contributed by atoms with Gasteiger partial charge in [-0.3, -0.25) is 39.2 Å². The molecule has 6 heterocycles. The van der Waals surface area contributed by atoms with Gasteiger partial charge in [-0.25, -0.2) is 0 Å². The van der Waals surface area contributed by atoms with Crippen molar-refractivity contribution in [1.82, 2.24) is 20.0 Å². The summed E-state index contributed by atoms with van der Waals surface area (Å²) in [5.41, 5.74) is 6.55. The van der Waals surface area contributed by atoms with Crippen LogP contribution in [0.5, 0.6) is 17.2 Å². The van der Waals surface area contributed by atoms with Gasteiger partial charge in [-0.05, 0) is 134 Å². The summed E-state index contributed by atoms with van der Waals surface area (Å²) in [4.78, 5) is 59.2. The molecule has 6 aliphatic rings. The van der Waals surface area contributed by atoms with Gasteiger partial charge in [0.05, 0.1) is 11.1 Å². The van der Waals surface area contributed by atoms with Crippen molar-refractivity contribution in [2.75, 3.05) is 56.7 Å². The predicted molar refractivity (Wildman–Crippen MR) is 233 cm³/mol. The molecule has 316 valence electrons. The number of anilines is 1. The summed E-state index contributed by atoms with van der Waals surface area (Å²) in [5, 5.41) is 22.2. The van der Waals surface area contributed by atoms with Gasteiger partial charge in [0.1, 0.15) is 29.9 Å². The lowest BCUT2D eigenvalue weighted by molar-refractivity contribution is -0.136. The number of hydrogen-bond acceptors (Lipinski definition) is 10. The number of allylic oxidation sites excluding steroid dienone is 1. The number of phenolic OH excluding ortho intramolecular Hbond substituents is 2. The fraction of sp³-hybridized carbons (Fsp3) is 0.375. The summed E-state index contributed by atoms with van der Waals surface area (Å²) in [7, 11) is 0. The molecular formula is C48H50ClN5O7. The zero-order valence-corrected chi connectivity index (χ0v) is 34.7. The Balaban J connectivity index is 0.751. The lowest BCUT2D eigenvalue weighted by Gasteiger charge is -2.58. The second kappa shape index (κ2) is 17.4. The van der Waals surface area contributed by atoms with E-state index in [-0.39, 0.29) is 30.2 Å². The summed E-state index contributed by atoms with van der Waals surface area (Å²) in [6.07, 6.45) is 4.33. The first-order chi connectivity index (χ1) is 29.6. The minimum Gasteiger partial charge on any atom is -0.508 e. The number of piperidine rings is 3. The number of ether oxygens (including phenoxy) is 1. The van der Waals surface area contributed by atoms with Gasteiger partial charge in [-0.15, -0.1) is 11.6 Å². The van der Waals surface area contributed by atoms with Crippen LogP contribution in [-0.4, -0.2) is 118 Å². The number of aromatic hydroxyl groups is 2. The first kappa shape index (κ1) is 40.7. The molecule has 10 rings (SSSR count). The van der Waals surface area contributed by atoms with Crippen LogP contribution in [0.3, 0.4) is 0 Å². The van der Waals surface area contributed by atoms with E-state index in [0.717, 1.165) is 96.3 Å². The highest BCUT2D eigenvalue weighted by Crippen LogP contribution is 2.39. The average Bonchev–Trinajstić information content (AvgIpc) is 3.52. The van der Waals surface area contributed by atoms with Crippen molar-refractivity contribution >= 4 is 52.1 Å². The molecule has 12 nitrogen and oxygen atoms in total. The Kier molecular flexibility index (Phi) is 11.6. The zero-order valence-electron chi connectivity index (χ0n) is 34.0. The number of piperazine rings is 1. The molecule has 5 saturated heterocycles. The number of nitrogens with zero attached hydrogens (tertiary/aromatic N) is 4. The maximum atomic E-state index is 13.4. The van der Waals surface area contributed by atoms with Crippen LogP contribution in [0.25, 0.3) is 11.1 Å². The minimum atomic E-state index is -0.967. The largest absolute Gasteiger partial charge is 0.508 e. The van der Waals surface area contributed by atoms with E-state index < -0.39 is 23.8 Å². The van der Waals surface area contributed by atoms with Crippen molar-refractivity contribution < 1.29 is 34.1 Å². The highest BCUT2D eigenvalue weighted by molar-refractivity contribution is 6.23. The summed E-state index contributed by atoms with van der Waals surface area (Å²) in [6, 6.07) is 27.9. The Hall–Kier alpha value is -5.69. The Morgan fingerprint density at radius 1 is 0.754 bits per heavy atom. The van der Waals surface area contributed by atoms with Crippen molar-refractivity contribution in [3.63, 3.8) is 0 Å². The van der Waals surface area contributed by atoms with Crippen LogP contribution < -0.4 is 15.0 Å². The van der Waals surface area contributed by atoms with Crippen LogP contribution in [0, 0.1) is 5.92 Å². The lowest BCUT2D eigenvalue weighted by Crippen LogP contribution is -2.69. The van der Waals surface area contributed by atoms with E-state index in [9.17, 15) is 29.4 Å². The fourth-order valence-electron chi connectivity index (χ4n) is 9.87. The van der Waals surface area contributed by atoms with Crippen LogP contribution in [0.1, 0.15) is 75.9 Å². The summed E-state index contributed by atoms with van der Waals surface area (Å²) < 4.78 is 6.24. The smallest absolute Gasteiger partial charge is 0.262 e. The molecule has 5 fully saturated rings. The molecule has 0 spiro atoms. The average molecular weight is 844 g/mol. The van der Waals surface area contributed by atoms with E-state index >= 15 is 0 Å². The molecule has 6 aliphatic heterocycles. The standard InChI is InChI=1S/C48H50ClN5O7/c49-20-17-40(31-1-8-37(55)9-2-31)45(32-3-10-38(56)11-4-32)33-5-12-39(13-6-33)61-24-23-51-21-18-30(19-22-51)27-53-35-25-36(53)29-52(28-35)34-7-14-41-42(26-34)48(60)54(47(41)59)43-15-16-44(57)50-46(43)58/h1-14,26,30,35-36,43,55-56H,15-25,27-29H2,(H,50,57,58). The number of imide groups is 2. The SMILES string of the molecule is O=C1CCC(N2C(=O)c3ccc(N4CC5CC(C4)N5CC4CCN(CCOc5ccc(C(=C(CCCl)c6ccc(O)cc6)c6ccc(O)cc6)cc5)CC4)cc3C2=O)C(=O)N1. The third-order valence-electron chi connectivity index (χ3n) is 13.1. The quantitative estimate of drug-likeness (QED) is 0.0817. The monoisotopic (exact) mass is 843 g/mol. The maximum absolute atomic E-state index is 13.4. The number of phenols is 2. The van der Waals surface area contributed by atoms with E-state index in [0.29, 0.717) is 48.0 Å². The number of rotatable bonds is 13. The highest BCUT2D eigenvalue weighted by Gasteiger charge is 2.47. The molecule has 61 heavy (non-hydrogen) atoms. The molecule has 4 amide bonds. The number of amides is 4. The van der Waals surface area contributed by atoms with E-state index in [1.165, 1.54) is 6.42 Å². The normalized spacial score (nSPS) is 22.5. The number of carbonyl (C=O) groups excluding carboxylic acids is 4. The van der Waals surface area contributed by atoms with Gasteiger partial charge in [0.15, 0.2) is 0 Å². The third-order valence-corrected chi connectivity index (χ3v) is 13.3. The first-order valence-electron chi connectivity index (χ1n) is 21.3. The molecule has 0 aromatic heterocycles. The number of nitrogens with one attached hydrogen (secondary N) is 1. The number of carbonyl (C=O) groups is 4. The van der Waals surface area contributed by atoms with E-state index in [2.05, 4.69) is 32.1 Å². The van der Waals surface area contributed by atoms with Gasteiger partial charge < -0.3 is 19.8 Å². The van der Waals surface area contributed by atoms with E-state index in [4.69, 9.17) is 16.3 Å². The Morgan fingerprint density at radius 2 is 1.38 bits per heavy atom. The van der Waals surface area contributed by atoms with E-state index in [1.54, 1.807) is 36.4 Å². The van der Waals surface area contributed by atoms with Crippen molar-refractivity contribution in [3.8, 4) is 17.2 Å². The molecule has 3 atom stereocenters. The van der Waals surface area contributed by atoms with Gasteiger partial charge in [0, 0.05) is 56.3 Å². The van der Waals surface area contributed by atoms with Gasteiger partial charge in [-0.1, -0.05) is 36.4 Å². The summed E-state index contributed by atoms with van der Waals surface area (Å²) in [5.74, 6) is 0.347. The topological polar surface area (TPSA) is 143 Å². The van der Waals surface area contributed by atoms with Crippen molar-refractivity contribution in [1.29, 1.82) is 0 Å². The third kappa shape index (κ3) is 8.36. The number of hydrogen-bond donors (Lipinski definition) is 3. The molecule has 3 unspecified atom stereocenters. The number of benzene rings is 4. The predicted octanol–water partition coefficient (Wildman–Crippen LogP) is 6.14. The molecule has 13 heteroatoms. The first-order valence-corrected chi connectivity index (χ1v) is 21.9. The maximum Gasteiger partial charge on any atom is 0.262 e. The van der Waals surface area contributed by atoms with Crippen LogP contribution >= 0.6 is 11.6 Å². The molecule has 0 aliphatic carbocycles. The fourth-order valence-corrected chi connectivity index (χ4v) is 10.1. The number of alkyl halides is 1. The molecule has 0 radical (unpaired) electrons.